The van der Waals surface area contributed by atoms with E-state index in [0.29, 0.717) is 23.7 Å². The highest BCUT2D eigenvalue weighted by molar-refractivity contribution is 6.28. The van der Waals surface area contributed by atoms with Gasteiger partial charge in [0.25, 0.3) is 0 Å². The highest BCUT2D eigenvalue weighted by Crippen LogP contribution is 2.21. The summed E-state index contributed by atoms with van der Waals surface area (Å²) in [5, 5.41) is 0. The molecule has 0 fully saturated rings. The lowest BCUT2D eigenvalue weighted by Crippen LogP contribution is -2.05. The minimum Gasteiger partial charge on any atom is -0.493 e. The van der Waals surface area contributed by atoms with E-state index < -0.39 is 0 Å². The predicted molar refractivity (Wildman–Crippen MR) is 91.3 cm³/mol. The first-order valence-corrected chi connectivity index (χ1v) is 7.51. The molecule has 114 valence electrons. The number of Topliss-reactive ketones (excluding diaryl/α,β-unsaturated/α-hetero) is 1. The summed E-state index contributed by atoms with van der Waals surface area (Å²) in [5.74, 6) is 1.25. The quantitative estimate of drug-likeness (QED) is 0.558. The van der Waals surface area contributed by atoms with E-state index in [9.17, 15) is 4.79 Å². The van der Waals surface area contributed by atoms with E-state index in [0.717, 1.165) is 16.9 Å². The van der Waals surface area contributed by atoms with Crippen LogP contribution in [0.4, 0.5) is 0 Å². The second-order valence-electron chi connectivity index (χ2n) is 5.90. The van der Waals surface area contributed by atoms with Crippen LogP contribution in [0.15, 0.2) is 55.1 Å². The minimum absolute atomic E-state index is 0.0455. The molecule has 0 atom stereocenters. The third kappa shape index (κ3) is 4.08. The number of rotatable bonds is 6. The Morgan fingerprint density at radius 1 is 1.00 bits per heavy atom. The molecule has 2 heteroatoms. The molecule has 0 aromatic heterocycles. The van der Waals surface area contributed by atoms with Crippen molar-refractivity contribution in [1.29, 1.82) is 0 Å². The van der Waals surface area contributed by atoms with Gasteiger partial charge in [-0.05, 0) is 30.5 Å². The molecule has 0 aliphatic rings. The summed E-state index contributed by atoms with van der Waals surface area (Å²) >= 11 is 0. The van der Waals surface area contributed by atoms with Crippen LogP contribution < -0.4 is 4.74 Å². The average molecular weight is 294 g/mol. The van der Waals surface area contributed by atoms with Gasteiger partial charge in [0.1, 0.15) is 5.75 Å². The Bertz CT molecular complexity index is 649. The summed E-state index contributed by atoms with van der Waals surface area (Å²) in [6.45, 7) is 10.8. The van der Waals surface area contributed by atoms with E-state index in [4.69, 9.17) is 4.74 Å². The highest BCUT2D eigenvalue weighted by atomic mass is 16.5. The number of hydrogen-bond donors (Lipinski definition) is 0. The Labute approximate surface area is 132 Å². The van der Waals surface area contributed by atoms with Crippen molar-refractivity contribution in [3.8, 4) is 5.75 Å². The molecule has 0 saturated carbocycles. The molecule has 0 spiro atoms. The lowest BCUT2D eigenvalue weighted by Gasteiger charge is -2.10. The van der Waals surface area contributed by atoms with Crippen molar-refractivity contribution in [1.82, 2.24) is 0 Å². The lowest BCUT2D eigenvalue weighted by atomic mass is 9.97. The monoisotopic (exact) mass is 294 g/mol. The van der Waals surface area contributed by atoms with E-state index >= 15 is 0 Å². The molecule has 0 radical (unpaired) electrons. The molecule has 0 saturated heterocycles. The molecule has 0 aliphatic carbocycles. The van der Waals surface area contributed by atoms with Gasteiger partial charge < -0.3 is 4.74 Å². The third-order valence-corrected chi connectivity index (χ3v) is 3.37. The number of ketones is 1. The Morgan fingerprint density at radius 3 is 2.09 bits per heavy atom. The fourth-order valence-electron chi connectivity index (χ4n) is 2.03. The van der Waals surface area contributed by atoms with Crippen molar-refractivity contribution in [2.45, 2.75) is 20.8 Å². The van der Waals surface area contributed by atoms with Crippen molar-refractivity contribution in [3.05, 3.63) is 71.8 Å². The maximum Gasteiger partial charge on any atom is 0.193 e. The normalized spacial score (nSPS) is 10.5. The van der Waals surface area contributed by atoms with Gasteiger partial charge >= 0.3 is 0 Å². The van der Waals surface area contributed by atoms with E-state index in [1.165, 1.54) is 0 Å². The number of carbonyl (C=O) groups is 1. The summed E-state index contributed by atoms with van der Waals surface area (Å²) in [5.41, 5.74) is 3.12. The summed E-state index contributed by atoms with van der Waals surface area (Å²) in [6, 6.07) is 15.1. The first kappa shape index (κ1) is 16.0. The van der Waals surface area contributed by atoms with Crippen molar-refractivity contribution >= 4 is 11.4 Å². The minimum atomic E-state index is -0.0455. The maximum atomic E-state index is 12.4. The number of ether oxygens (including phenoxy) is 1. The Kier molecular flexibility index (Phi) is 5.16. The largest absolute Gasteiger partial charge is 0.493 e. The topological polar surface area (TPSA) is 26.3 Å². The second-order valence-corrected chi connectivity index (χ2v) is 5.90. The highest BCUT2D eigenvalue weighted by Gasteiger charge is 2.12. The molecule has 2 aromatic carbocycles. The smallest absolute Gasteiger partial charge is 0.193 e. The van der Waals surface area contributed by atoms with Crippen LogP contribution in [0.3, 0.4) is 0 Å². The number of aryl methyl sites for hydroxylation is 1. The van der Waals surface area contributed by atoms with Gasteiger partial charge in [-0.15, -0.1) is 0 Å². The van der Waals surface area contributed by atoms with E-state index in [1.54, 1.807) is 0 Å². The fraction of sp³-hybridized carbons (Fsp3) is 0.250. The van der Waals surface area contributed by atoms with Crippen LogP contribution >= 0.6 is 0 Å². The summed E-state index contributed by atoms with van der Waals surface area (Å²) in [4.78, 5) is 12.4. The van der Waals surface area contributed by atoms with Gasteiger partial charge in [-0.1, -0.05) is 62.4 Å². The molecule has 0 bridgehead atoms. The molecule has 2 rings (SSSR count). The van der Waals surface area contributed by atoms with Crippen LogP contribution in [0.2, 0.25) is 0 Å². The molecule has 0 aliphatic heterocycles. The molecule has 0 heterocycles. The molecule has 0 amide bonds. The zero-order chi connectivity index (χ0) is 16.1. The van der Waals surface area contributed by atoms with Gasteiger partial charge in [0.2, 0.25) is 0 Å². The maximum absolute atomic E-state index is 12.4. The van der Waals surface area contributed by atoms with Crippen LogP contribution in [-0.4, -0.2) is 12.4 Å². The molecule has 0 unspecified atom stereocenters. The van der Waals surface area contributed by atoms with E-state index in [2.05, 4.69) is 20.4 Å². The Hall–Kier alpha value is -2.35. The molecule has 22 heavy (non-hydrogen) atoms. The SMILES string of the molecule is C=C(C(=O)c1ccc(C)cc1)c1ccc(OCC(C)C)cc1. The van der Waals surface area contributed by atoms with Crippen LogP contribution in [0.1, 0.15) is 35.3 Å². The van der Waals surface area contributed by atoms with Gasteiger partial charge in [0, 0.05) is 11.1 Å². The first-order valence-electron chi connectivity index (χ1n) is 7.51. The van der Waals surface area contributed by atoms with Crippen LogP contribution in [0.25, 0.3) is 5.57 Å². The number of benzene rings is 2. The van der Waals surface area contributed by atoms with E-state index in [-0.39, 0.29) is 5.78 Å². The van der Waals surface area contributed by atoms with E-state index in [1.807, 2.05) is 55.5 Å². The molecule has 0 N–H and O–H groups in total. The summed E-state index contributed by atoms with van der Waals surface area (Å²) < 4.78 is 5.65. The number of carbonyl (C=O) groups excluding carboxylic acids is 1. The van der Waals surface area contributed by atoms with Crippen molar-refractivity contribution in [2.75, 3.05) is 6.61 Å². The van der Waals surface area contributed by atoms with Crippen LogP contribution in [0.5, 0.6) is 5.75 Å². The van der Waals surface area contributed by atoms with Crippen molar-refractivity contribution in [2.24, 2.45) is 5.92 Å². The molecule has 2 nitrogen and oxygen atoms in total. The molecule has 2 aromatic rings. The van der Waals surface area contributed by atoms with Crippen molar-refractivity contribution in [3.63, 3.8) is 0 Å². The van der Waals surface area contributed by atoms with Crippen LogP contribution in [0, 0.1) is 12.8 Å². The fourth-order valence-corrected chi connectivity index (χ4v) is 2.03. The lowest BCUT2D eigenvalue weighted by molar-refractivity contribution is 0.105. The summed E-state index contributed by atoms with van der Waals surface area (Å²) in [6.07, 6.45) is 0. The molecular formula is C20H22O2. The van der Waals surface area contributed by atoms with Gasteiger partial charge in [-0.2, -0.15) is 0 Å². The summed E-state index contributed by atoms with van der Waals surface area (Å²) in [7, 11) is 0. The average Bonchev–Trinajstić information content (AvgIpc) is 2.53. The number of hydrogen-bond acceptors (Lipinski definition) is 2. The van der Waals surface area contributed by atoms with Gasteiger partial charge in [-0.3, -0.25) is 4.79 Å². The zero-order valence-electron chi connectivity index (χ0n) is 13.4. The zero-order valence-corrected chi connectivity index (χ0v) is 13.4. The first-order chi connectivity index (χ1) is 10.5. The third-order valence-electron chi connectivity index (χ3n) is 3.37. The molecular weight excluding hydrogens is 272 g/mol. The van der Waals surface area contributed by atoms with Gasteiger partial charge in [0.05, 0.1) is 6.61 Å². The number of allylic oxidation sites excluding steroid dienone is 1. The predicted octanol–water partition coefficient (Wildman–Crippen LogP) is 4.93. The van der Waals surface area contributed by atoms with Gasteiger partial charge in [0.15, 0.2) is 5.78 Å². The Balaban J connectivity index is 2.09. The standard InChI is InChI=1S/C20H22O2/c1-14(2)13-22-19-11-9-17(10-12-19)16(4)20(21)18-7-5-15(3)6-8-18/h5-12,14H,4,13H2,1-3H3. The Morgan fingerprint density at radius 2 is 1.55 bits per heavy atom. The van der Waals surface area contributed by atoms with Crippen molar-refractivity contribution < 1.29 is 9.53 Å². The van der Waals surface area contributed by atoms with Crippen LogP contribution in [-0.2, 0) is 0 Å². The van der Waals surface area contributed by atoms with Gasteiger partial charge in [-0.25, -0.2) is 0 Å². The second kappa shape index (κ2) is 7.08.